The molecule has 1 aromatic heterocycles. The lowest BCUT2D eigenvalue weighted by Crippen LogP contribution is -2.11. The van der Waals surface area contributed by atoms with Crippen LogP contribution in [-0.4, -0.2) is 9.97 Å². The van der Waals surface area contributed by atoms with Gasteiger partial charge in [-0.15, -0.1) is 0 Å². The van der Waals surface area contributed by atoms with Crippen molar-refractivity contribution in [2.75, 3.05) is 0 Å². The van der Waals surface area contributed by atoms with E-state index in [0.29, 0.717) is 23.2 Å². The Morgan fingerprint density at radius 2 is 1.88 bits per heavy atom. The number of rotatable bonds is 2. The minimum atomic E-state index is -0.472. The van der Waals surface area contributed by atoms with Crippen LogP contribution in [-0.2, 0) is 0 Å². The van der Waals surface area contributed by atoms with E-state index in [4.69, 9.17) is 11.6 Å². The molecule has 1 aliphatic rings. The lowest BCUT2D eigenvalue weighted by atomic mass is 9.82. The van der Waals surface area contributed by atoms with Crippen LogP contribution >= 0.6 is 11.6 Å². The van der Waals surface area contributed by atoms with Crippen LogP contribution in [0.15, 0.2) is 42.7 Å². The molecule has 0 aliphatic heterocycles. The standard InChI is InChI=1S/C21H20ClFN2/c1-2-3-15-4-6-16(7-5-15)8-9-17-13-24-21(25-14-17)18-10-11-19(22)20(23)12-18/h2-3,10-16H,4-7H2,1H3/b3-2+/t15-,16-. The van der Waals surface area contributed by atoms with Crippen molar-refractivity contribution >= 4 is 11.6 Å². The van der Waals surface area contributed by atoms with Crippen molar-refractivity contribution in [1.82, 2.24) is 9.97 Å². The predicted octanol–water partition coefficient (Wildman–Crippen LogP) is 5.67. The van der Waals surface area contributed by atoms with Crippen LogP contribution in [0.5, 0.6) is 0 Å². The van der Waals surface area contributed by atoms with Crippen molar-refractivity contribution in [2.24, 2.45) is 11.8 Å². The Kier molecular flexibility index (Phi) is 5.83. The molecule has 0 unspecified atom stereocenters. The monoisotopic (exact) mass is 354 g/mol. The van der Waals surface area contributed by atoms with Crippen molar-refractivity contribution < 1.29 is 4.39 Å². The maximum atomic E-state index is 13.5. The molecule has 0 radical (unpaired) electrons. The Hall–Kier alpha value is -2.18. The highest BCUT2D eigenvalue weighted by Crippen LogP contribution is 2.29. The summed E-state index contributed by atoms with van der Waals surface area (Å²) in [5.74, 6) is 7.67. The van der Waals surface area contributed by atoms with Crippen molar-refractivity contribution in [2.45, 2.75) is 32.6 Å². The average molecular weight is 355 g/mol. The predicted molar refractivity (Wildman–Crippen MR) is 99.6 cm³/mol. The molecule has 128 valence electrons. The first kappa shape index (κ1) is 17.6. The molecular formula is C21H20ClFN2. The molecule has 2 nitrogen and oxygen atoms in total. The summed E-state index contributed by atoms with van der Waals surface area (Å²) in [6.07, 6.45) is 12.5. The number of allylic oxidation sites excluding steroid dienone is 2. The zero-order valence-corrected chi connectivity index (χ0v) is 14.9. The molecule has 1 fully saturated rings. The highest BCUT2D eigenvalue weighted by atomic mass is 35.5. The van der Waals surface area contributed by atoms with E-state index in [1.807, 2.05) is 0 Å². The number of nitrogens with zero attached hydrogens (tertiary/aromatic N) is 2. The molecule has 1 aliphatic carbocycles. The molecule has 0 spiro atoms. The van der Waals surface area contributed by atoms with Gasteiger partial charge in [-0.1, -0.05) is 35.6 Å². The Labute approximate surface area is 153 Å². The fourth-order valence-electron chi connectivity index (χ4n) is 3.09. The van der Waals surface area contributed by atoms with E-state index < -0.39 is 5.82 Å². The molecule has 0 bridgehead atoms. The van der Waals surface area contributed by atoms with Crippen molar-refractivity contribution in [1.29, 1.82) is 0 Å². The van der Waals surface area contributed by atoms with Gasteiger partial charge in [-0.3, -0.25) is 0 Å². The van der Waals surface area contributed by atoms with Gasteiger partial charge in [0.25, 0.3) is 0 Å². The van der Waals surface area contributed by atoms with E-state index >= 15 is 0 Å². The second-order valence-corrected chi connectivity index (χ2v) is 6.74. The summed E-state index contributed by atoms with van der Waals surface area (Å²) in [5, 5.41) is 0.0929. The van der Waals surface area contributed by atoms with Crippen LogP contribution < -0.4 is 0 Å². The number of benzene rings is 1. The van der Waals surface area contributed by atoms with Gasteiger partial charge in [0.1, 0.15) is 5.82 Å². The highest BCUT2D eigenvalue weighted by molar-refractivity contribution is 6.30. The van der Waals surface area contributed by atoms with Crippen LogP contribution in [0.1, 0.15) is 38.2 Å². The van der Waals surface area contributed by atoms with E-state index in [-0.39, 0.29) is 5.02 Å². The Morgan fingerprint density at radius 1 is 1.16 bits per heavy atom. The topological polar surface area (TPSA) is 25.8 Å². The first-order chi connectivity index (χ1) is 12.2. The lowest BCUT2D eigenvalue weighted by Gasteiger charge is -2.22. The van der Waals surface area contributed by atoms with Gasteiger partial charge in [-0.05, 0) is 56.7 Å². The van der Waals surface area contributed by atoms with E-state index in [1.165, 1.54) is 25.0 Å². The normalized spacial score (nSPS) is 20.3. The number of aromatic nitrogens is 2. The molecule has 3 rings (SSSR count). The summed E-state index contributed by atoms with van der Waals surface area (Å²) >= 11 is 5.70. The molecule has 0 saturated heterocycles. The first-order valence-corrected chi connectivity index (χ1v) is 8.95. The summed E-state index contributed by atoms with van der Waals surface area (Å²) < 4.78 is 13.5. The van der Waals surface area contributed by atoms with Crippen LogP contribution in [0.2, 0.25) is 5.02 Å². The molecule has 0 amide bonds. The summed E-state index contributed by atoms with van der Waals surface area (Å²) in [6, 6.07) is 4.55. The van der Waals surface area contributed by atoms with E-state index in [1.54, 1.807) is 18.5 Å². The number of hydrogen-bond donors (Lipinski definition) is 0. The highest BCUT2D eigenvalue weighted by Gasteiger charge is 2.17. The van der Waals surface area contributed by atoms with Gasteiger partial charge in [-0.25, -0.2) is 14.4 Å². The zero-order valence-electron chi connectivity index (χ0n) is 14.2. The third kappa shape index (κ3) is 4.67. The van der Waals surface area contributed by atoms with Crippen molar-refractivity contribution in [3.05, 3.63) is 59.1 Å². The largest absolute Gasteiger partial charge is 0.235 e. The Balaban J connectivity index is 1.65. The number of hydrogen-bond acceptors (Lipinski definition) is 2. The SMILES string of the molecule is C/C=C/[C@H]1CC[C@H](C#Cc2cnc(-c3ccc(Cl)c(F)c3)nc2)CC1. The maximum Gasteiger partial charge on any atom is 0.159 e. The third-order valence-corrected chi connectivity index (χ3v) is 4.79. The van der Waals surface area contributed by atoms with E-state index in [9.17, 15) is 4.39 Å². The molecular weight excluding hydrogens is 335 g/mol. The summed E-state index contributed by atoms with van der Waals surface area (Å²) in [6.45, 7) is 2.08. The van der Waals surface area contributed by atoms with Gasteiger partial charge < -0.3 is 0 Å². The van der Waals surface area contributed by atoms with Gasteiger partial charge in [0.15, 0.2) is 5.82 Å². The molecule has 2 aromatic rings. The van der Waals surface area contributed by atoms with Crippen molar-refractivity contribution in [3.63, 3.8) is 0 Å². The molecule has 4 heteroatoms. The van der Waals surface area contributed by atoms with E-state index in [0.717, 1.165) is 18.4 Å². The zero-order chi connectivity index (χ0) is 17.6. The lowest BCUT2D eigenvalue weighted by molar-refractivity contribution is 0.364. The van der Waals surface area contributed by atoms with Crippen molar-refractivity contribution in [3.8, 4) is 23.2 Å². The second kappa shape index (κ2) is 8.27. The van der Waals surface area contributed by atoms with Crippen LogP contribution in [0.3, 0.4) is 0 Å². The molecule has 1 aromatic carbocycles. The quantitative estimate of drug-likeness (QED) is 0.513. The first-order valence-electron chi connectivity index (χ1n) is 8.57. The molecule has 25 heavy (non-hydrogen) atoms. The van der Waals surface area contributed by atoms with E-state index in [2.05, 4.69) is 40.9 Å². The van der Waals surface area contributed by atoms with Crippen LogP contribution in [0, 0.1) is 29.5 Å². The Morgan fingerprint density at radius 3 is 2.52 bits per heavy atom. The van der Waals surface area contributed by atoms with Gasteiger partial charge in [0.05, 0.1) is 10.6 Å². The summed E-state index contributed by atoms with van der Waals surface area (Å²) in [5.41, 5.74) is 1.39. The van der Waals surface area contributed by atoms with Gasteiger partial charge in [0, 0.05) is 23.9 Å². The fourth-order valence-corrected chi connectivity index (χ4v) is 3.21. The smallest absolute Gasteiger partial charge is 0.159 e. The molecule has 1 heterocycles. The molecule has 0 atom stereocenters. The minimum Gasteiger partial charge on any atom is -0.235 e. The third-order valence-electron chi connectivity index (χ3n) is 4.49. The Bertz CT molecular complexity index is 810. The maximum absolute atomic E-state index is 13.5. The van der Waals surface area contributed by atoms with Gasteiger partial charge in [-0.2, -0.15) is 0 Å². The number of halogens is 2. The minimum absolute atomic E-state index is 0.0929. The summed E-state index contributed by atoms with van der Waals surface area (Å²) in [7, 11) is 0. The van der Waals surface area contributed by atoms with Gasteiger partial charge in [0.2, 0.25) is 0 Å². The fraction of sp³-hybridized carbons (Fsp3) is 0.333. The van der Waals surface area contributed by atoms with Crippen LogP contribution in [0.4, 0.5) is 4.39 Å². The van der Waals surface area contributed by atoms with Crippen LogP contribution in [0.25, 0.3) is 11.4 Å². The second-order valence-electron chi connectivity index (χ2n) is 6.33. The average Bonchev–Trinajstić information content (AvgIpc) is 2.64. The molecule has 0 N–H and O–H groups in total. The summed E-state index contributed by atoms with van der Waals surface area (Å²) in [4.78, 5) is 8.57. The van der Waals surface area contributed by atoms with Gasteiger partial charge >= 0.3 is 0 Å². The molecule has 1 saturated carbocycles.